The van der Waals surface area contributed by atoms with Crippen LogP contribution in [0.2, 0.25) is 0 Å². The Bertz CT molecular complexity index is 754. The number of sulfone groups is 1. The zero-order valence-electron chi connectivity index (χ0n) is 13.1. The molecule has 0 aliphatic heterocycles. The lowest BCUT2D eigenvalue weighted by Gasteiger charge is -2.20. The van der Waals surface area contributed by atoms with Crippen LogP contribution in [0.5, 0.6) is 0 Å². The van der Waals surface area contributed by atoms with Crippen molar-refractivity contribution >= 4 is 9.84 Å². The van der Waals surface area contributed by atoms with Crippen molar-refractivity contribution in [2.24, 2.45) is 7.05 Å². The van der Waals surface area contributed by atoms with Crippen molar-refractivity contribution in [1.29, 1.82) is 0 Å². The third kappa shape index (κ3) is 3.09. The molecule has 1 aliphatic rings. The van der Waals surface area contributed by atoms with Gasteiger partial charge in [0.15, 0.2) is 9.84 Å². The molecule has 118 valence electrons. The van der Waals surface area contributed by atoms with Crippen LogP contribution in [-0.2, 0) is 16.9 Å². The molecule has 1 saturated carbocycles. The summed E-state index contributed by atoms with van der Waals surface area (Å²) in [7, 11) is -1.10. The highest BCUT2D eigenvalue weighted by atomic mass is 32.2. The number of hydrogen-bond acceptors (Lipinski definition) is 3. The van der Waals surface area contributed by atoms with Gasteiger partial charge in [-0.15, -0.1) is 0 Å². The molecule has 0 saturated heterocycles. The van der Waals surface area contributed by atoms with Gasteiger partial charge in [-0.25, -0.2) is 13.4 Å². The van der Waals surface area contributed by atoms with Crippen LogP contribution in [0.3, 0.4) is 0 Å². The lowest BCUT2D eigenvalue weighted by Crippen LogP contribution is -2.09. The monoisotopic (exact) mass is 318 g/mol. The van der Waals surface area contributed by atoms with Crippen LogP contribution < -0.4 is 0 Å². The third-order valence-electron chi connectivity index (χ3n) is 4.46. The Morgan fingerprint density at radius 2 is 1.73 bits per heavy atom. The lowest BCUT2D eigenvalue weighted by molar-refractivity contribution is 0.421. The molecule has 0 spiro atoms. The minimum absolute atomic E-state index is 0.347. The minimum atomic E-state index is -3.15. The summed E-state index contributed by atoms with van der Waals surface area (Å²) in [4.78, 5) is 5.16. The van der Waals surface area contributed by atoms with Crippen LogP contribution in [0.1, 0.15) is 43.8 Å². The van der Waals surface area contributed by atoms with Crippen molar-refractivity contribution < 1.29 is 8.42 Å². The molecule has 0 amide bonds. The predicted molar refractivity (Wildman–Crippen MR) is 87.6 cm³/mol. The first-order valence-electron chi connectivity index (χ1n) is 7.79. The number of benzene rings is 1. The summed E-state index contributed by atoms with van der Waals surface area (Å²) in [5.41, 5.74) is 1.88. The molecule has 22 heavy (non-hydrogen) atoms. The van der Waals surface area contributed by atoms with Crippen molar-refractivity contribution in [3.05, 3.63) is 36.3 Å². The van der Waals surface area contributed by atoms with E-state index in [1.54, 1.807) is 12.1 Å². The predicted octanol–water partition coefficient (Wildman–Crippen LogP) is 3.54. The Kier molecular flexibility index (Phi) is 4.08. The van der Waals surface area contributed by atoms with E-state index in [1.807, 2.05) is 25.4 Å². The highest BCUT2D eigenvalue weighted by Gasteiger charge is 2.20. The summed E-state index contributed by atoms with van der Waals surface area (Å²) in [5.74, 6) is 1.71. The van der Waals surface area contributed by atoms with Gasteiger partial charge < -0.3 is 4.57 Å². The Hall–Kier alpha value is -1.62. The summed E-state index contributed by atoms with van der Waals surface area (Å²) in [5, 5.41) is 0. The highest BCUT2D eigenvalue weighted by Crippen LogP contribution is 2.33. The van der Waals surface area contributed by atoms with E-state index in [-0.39, 0.29) is 0 Å². The SMILES string of the molecule is Cn1cc(-c2ccc(S(C)(=O)=O)cc2)nc1C1CCCCC1. The highest BCUT2D eigenvalue weighted by molar-refractivity contribution is 7.90. The second-order valence-electron chi connectivity index (χ2n) is 6.23. The second kappa shape index (κ2) is 5.88. The molecular formula is C17H22N2O2S. The average Bonchev–Trinajstić information content (AvgIpc) is 2.89. The van der Waals surface area contributed by atoms with Gasteiger partial charge in [-0.1, -0.05) is 31.4 Å². The Morgan fingerprint density at radius 1 is 1.09 bits per heavy atom. The molecule has 0 unspecified atom stereocenters. The van der Waals surface area contributed by atoms with E-state index in [9.17, 15) is 8.42 Å². The maximum atomic E-state index is 11.5. The molecular weight excluding hydrogens is 296 g/mol. The quantitative estimate of drug-likeness (QED) is 0.870. The summed E-state index contributed by atoms with van der Waals surface area (Å²) in [6.07, 6.45) is 9.62. The topological polar surface area (TPSA) is 52.0 Å². The van der Waals surface area contributed by atoms with Gasteiger partial charge in [0.05, 0.1) is 10.6 Å². The van der Waals surface area contributed by atoms with E-state index >= 15 is 0 Å². The summed E-state index contributed by atoms with van der Waals surface area (Å²) in [6.45, 7) is 0. The third-order valence-corrected chi connectivity index (χ3v) is 5.59. The summed E-state index contributed by atoms with van der Waals surface area (Å²) in [6, 6.07) is 6.98. The number of imidazole rings is 1. The van der Waals surface area contributed by atoms with Crippen LogP contribution >= 0.6 is 0 Å². The molecule has 5 heteroatoms. The zero-order valence-corrected chi connectivity index (χ0v) is 13.9. The normalized spacial score (nSPS) is 16.8. The fourth-order valence-electron chi connectivity index (χ4n) is 3.23. The molecule has 0 atom stereocenters. The van der Waals surface area contributed by atoms with Gasteiger partial charge in [0.25, 0.3) is 0 Å². The molecule has 2 aromatic rings. The average molecular weight is 318 g/mol. The first-order chi connectivity index (χ1) is 10.4. The maximum Gasteiger partial charge on any atom is 0.175 e. The number of aromatic nitrogens is 2. The maximum absolute atomic E-state index is 11.5. The second-order valence-corrected chi connectivity index (χ2v) is 8.24. The number of aryl methyl sites for hydroxylation is 1. The lowest BCUT2D eigenvalue weighted by atomic mass is 9.89. The van der Waals surface area contributed by atoms with Crippen molar-refractivity contribution in [2.45, 2.75) is 42.9 Å². The Labute approximate surface area is 132 Å². The largest absolute Gasteiger partial charge is 0.337 e. The first-order valence-corrected chi connectivity index (χ1v) is 9.68. The van der Waals surface area contributed by atoms with E-state index in [0.717, 1.165) is 17.1 Å². The first kappa shape index (κ1) is 15.3. The minimum Gasteiger partial charge on any atom is -0.337 e. The molecule has 4 nitrogen and oxygen atoms in total. The van der Waals surface area contributed by atoms with Gasteiger partial charge in [-0.3, -0.25) is 0 Å². The Morgan fingerprint density at radius 3 is 2.32 bits per heavy atom. The van der Waals surface area contributed by atoms with Crippen LogP contribution in [0.4, 0.5) is 0 Å². The van der Waals surface area contributed by atoms with E-state index in [2.05, 4.69) is 4.57 Å². The number of rotatable bonds is 3. The van der Waals surface area contributed by atoms with Crippen LogP contribution in [0.15, 0.2) is 35.4 Å². The molecule has 0 bridgehead atoms. The van der Waals surface area contributed by atoms with E-state index in [4.69, 9.17) is 4.98 Å². The number of nitrogens with zero attached hydrogens (tertiary/aromatic N) is 2. The molecule has 1 aromatic heterocycles. The standard InChI is InChI=1S/C17H22N2O2S/c1-19-12-16(18-17(19)14-6-4-3-5-7-14)13-8-10-15(11-9-13)22(2,20)21/h8-12,14H,3-7H2,1-2H3. The molecule has 3 rings (SSSR count). The van der Waals surface area contributed by atoms with Crippen molar-refractivity contribution in [3.63, 3.8) is 0 Å². The van der Waals surface area contributed by atoms with E-state index in [1.165, 1.54) is 38.4 Å². The van der Waals surface area contributed by atoms with Crippen LogP contribution in [-0.4, -0.2) is 24.2 Å². The van der Waals surface area contributed by atoms with E-state index < -0.39 is 9.84 Å². The molecule has 1 fully saturated rings. The van der Waals surface area contributed by atoms with Crippen molar-refractivity contribution in [3.8, 4) is 11.3 Å². The number of hydrogen-bond donors (Lipinski definition) is 0. The van der Waals surface area contributed by atoms with Gasteiger partial charge in [0, 0.05) is 31.0 Å². The van der Waals surface area contributed by atoms with Gasteiger partial charge in [0.1, 0.15) is 5.82 Å². The summed E-state index contributed by atoms with van der Waals surface area (Å²) < 4.78 is 25.2. The van der Waals surface area contributed by atoms with Crippen molar-refractivity contribution in [1.82, 2.24) is 9.55 Å². The van der Waals surface area contributed by atoms with Crippen LogP contribution in [0.25, 0.3) is 11.3 Å². The smallest absolute Gasteiger partial charge is 0.175 e. The van der Waals surface area contributed by atoms with Crippen LogP contribution in [0, 0.1) is 0 Å². The zero-order chi connectivity index (χ0) is 15.7. The van der Waals surface area contributed by atoms with Gasteiger partial charge in [-0.05, 0) is 25.0 Å². The molecule has 1 aromatic carbocycles. The van der Waals surface area contributed by atoms with Crippen molar-refractivity contribution in [2.75, 3.05) is 6.26 Å². The molecule has 0 N–H and O–H groups in total. The molecule has 1 aliphatic carbocycles. The molecule has 0 radical (unpaired) electrons. The summed E-state index contributed by atoms with van der Waals surface area (Å²) >= 11 is 0. The van der Waals surface area contributed by atoms with Gasteiger partial charge >= 0.3 is 0 Å². The van der Waals surface area contributed by atoms with Gasteiger partial charge in [0.2, 0.25) is 0 Å². The van der Waals surface area contributed by atoms with E-state index in [0.29, 0.717) is 10.8 Å². The Balaban J connectivity index is 1.89. The molecule has 1 heterocycles. The fourth-order valence-corrected chi connectivity index (χ4v) is 3.86. The fraction of sp³-hybridized carbons (Fsp3) is 0.471. The van der Waals surface area contributed by atoms with Gasteiger partial charge in [-0.2, -0.15) is 0 Å².